The highest BCUT2D eigenvalue weighted by Crippen LogP contribution is 2.40. The standard InChI is InChI=1S/C27H24F3NO8/c1-15(32)38-19-10-11-20(22(13-19)31(35)36)16-5-8-18(9-6-16)37-14-17-7-12-21(27(28,29)30)24(33)23(17)25(34)39-26(2,3)4/h5-13,33H,14H2,1-4H3. The van der Waals surface area contributed by atoms with Crippen molar-refractivity contribution in [1.29, 1.82) is 0 Å². The maximum absolute atomic E-state index is 13.3. The van der Waals surface area contributed by atoms with E-state index in [4.69, 9.17) is 14.2 Å². The lowest BCUT2D eigenvalue weighted by molar-refractivity contribution is -0.384. The average molecular weight is 547 g/mol. The molecule has 3 rings (SSSR count). The van der Waals surface area contributed by atoms with Crippen LogP contribution in [0, 0.1) is 10.1 Å². The average Bonchev–Trinajstić information content (AvgIpc) is 2.80. The molecule has 1 N–H and O–H groups in total. The van der Waals surface area contributed by atoms with Gasteiger partial charge in [-0.05, 0) is 56.7 Å². The predicted octanol–water partition coefficient (Wildman–Crippen LogP) is 6.45. The molecule has 0 aromatic heterocycles. The second kappa shape index (κ2) is 11.0. The van der Waals surface area contributed by atoms with Gasteiger partial charge >= 0.3 is 18.1 Å². The normalized spacial score (nSPS) is 11.6. The van der Waals surface area contributed by atoms with E-state index in [1.165, 1.54) is 64.1 Å². The summed E-state index contributed by atoms with van der Waals surface area (Å²) < 4.78 is 55.7. The molecule has 39 heavy (non-hydrogen) atoms. The van der Waals surface area contributed by atoms with Crippen LogP contribution < -0.4 is 9.47 Å². The maximum Gasteiger partial charge on any atom is 0.419 e. The van der Waals surface area contributed by atoms with E-state index in [0.717, 1.165) is 12.1 Å². The summed E-state index contributed by atoms with van der Waals surface area (Å²) in [5.74, 6) is -2.80. The third-order valence-electron chi connectivity index (χ3n) is 5.16. The molecule has 0 fully saturated rings. The van der Waals surface area contributed by atoms with Gasteiger partial charge in [-0.3, -0.25) is 14.9 Å². The van der Waals surface area contributed by atoms with E-state index < -0.39 is 52.1 Å². The molecule has 0 aliphatic rings. The Morgan fingerprint density at radius 3 is 2.13 bits per heavy atom. The fourth-order valence-corrected chi connectivity index (χ4v) is 3.57. The Morgan fingerprint density at radius 2 is 1.59 bits per heavy atom. The summed E-state index contributed by atoms with van der Waals surface area (Å²) in [4.78, 5) is 34.8. The van der Waals surface area contributed by atoms with Gasteiger partial charge in [0, 0.05) is 12.5 Å². The van der Waals surface area contributed by atoms with Crippen LogP contribution in [0.5, 0.6) is 17.2 Å². The third kappa shape index (κ3) is 7.24. The molecule has 0 aliphatic carbocycles. The monoisotopic (exact) mass is 547 g/mol. The van der Waals surface area contributed by atoms with E-state index in [1.54, 1.807) is 0 Å². The van der Waals surface area contributed by atoms with E-state index in [0.29, 0.717) is 11.6 Å². The van der Waals surface area contributed by atoms with Crippen molar-refractivity contribution in [1.82, 2.24) is 0 Å². The summed E-state index contributed by atoms with van der Waals surface area (Å²) in [6.07, 6.45) is -4.91. The number of esters is 2. The minimum absolute atomic E-state index is 0.0125. The van der Waals surface area contributed by atoms with Crippen molar-refractivity contribution in [3.63, 3.8) is 0 Å². The van der Waals surface area contributed by atoms with Crippen molar-refractivity contribution in [2.45, 2.75) is 46.1 Å². The smallest absolute Gasteiger partial charge is 0.419 e. The summed E-state index contributed by atoms with van der Waals surface area (Å²) in [5, 5.41) is 21.9. The molecule has 0 spiro atoms. The van der Waals surface area contributed by atoms with Gasteiger partial charge in [-0.1, -0.05) is 18.2 Å². The molecule has 12 heteroatoms. The summed E-state index contributed by atoms with van der Waals surface area (Å²) in [6.45, 7) is 5.36. The Labute approximate surface area is 220 Å². The number of carbonyl (C=O) groups excluding carboxylic acids is 2. The van der Waals surface area contributed by atoms with Gasteiger partial charge in [-0.25, -0.2) is 4.79 Å². The van der Waals surface area contributed by atoms with Gasteiger partial charge in [0.1, 0.15) is 35.0 Å². The van der Waals surface area contributed by atoms with Gasteiger partial charge in [0.2, 0.25) is 0 Å². The number of phenolic OH excluding ortho intramolecular Hbond substituents is 1. The van der Waals surface area contributed by atoms with Gasteiger partial charge < -0.3 is 19.3 Å². The summed E-state index contributed by atoms with van der Waals surface area (Å²) in [6, 6.07) is 11.6. The number of carbonyl (C=O) groups is 2. The molecule has 0 unspecified atom stereocenters. The number of hydrogen-bond donors (Lipinski definition) is 1. The summed E-state index contributed by atoms with van der Waals surface area (Å²) in [7, 11) is 0. The fraction of sp³-hybridized carbons (Fsp3) is 0.259. The number of benzene rings is 3. The Bertz CT molecular complexity index is 1410. The molecule has 0 saturated heterocycles. The van der Waals surface area contributed by atoms with E-state index in [-0.39, 0.29) is 28.3 Å². The molecule has 0 atom stereocenters. The molecule has 0 aliphatic heterocycles. The Morgan fingerprint density at radius 1 is 0.974 bits per heavy atom. The Balaban J connectivity index is 1.88. The van der Waals surface area contributed by atoms with Crippen LogP contribution in [0.2, 0.25) is 0 Å². The quantitative estimate of drug-likeness (QED) is 0.155. The van der Waals surface area contributed by atoms with Crippen LogP contribution in [0.1, 0.15) is 49.2 Å². The van der Waals surface area contributed by atoms with Crippen molar-refractivity contribution in [2.24, 2.45) is 0 Å². The maximum atomic E-state index is 13.3. The van der Waals surface area contributed by atoms with Gasteiger partial charge in [0.15, 0.2) is 0 Å². The number of alkyl halides is 3. The zero-order valence-electron chi connectivity index (χ0n) is 21.3. The Hall–Kier alpha value is -4.61. The minimum atomic E-state index is -4.91. The molecule has 9 nitrogen and oxygen atoms in total. The van der Waals surface area contributed by atoms with Gasteiger partial charge in [-0.2, -0.15) is 13.2 Å². The number of phenols is 1. The number of nitro groups is 1. The first-order valence-corrected chi connectivity index (χ1v) is 11.4. The van der Waals surface area contributed by atoms with E-state index in [9.17, 15) is 38.0 Å². The van der Waals surface area contributed by atoms with Crippen LogP contribution >= 0.6 is 0 Å². The number of nitrogens with zero attached hydrogens (tertiary/aromatic N) is 1. The van der Waals surface area contributed by atoms with Crippen LogP contribution in [0.3, 0.4) is 0 Å². The molecule has 0 heterocycles. The minimum Gasteiger partial charge on any atom is -0.506 e. The van der Waals surface area contributed by atoms with Crippen LogP contribution in [-0.4, -0.2) is 27.6 Å². The molecule has 206 valence electrons. The molecule has 3 aromatic carbocycles. The molecule has 0 bridgehead atoms. The first-order valence-electron chi connectivity index (χ1n) is 11.4. The third-order valence-corrected chi connectivity index (χ3v) is 5.16. The summed E-state index contributed by atoms with van der Waals surface area (Å²) >= 11 is 0. The number of nitro benzene ring substituents is 1. The van der Waals surface area contributed by atoms with Gasteiger partial charge in [-0.15, -0.1) is 0 Å². The lowest BCUT2D eigenvalue weighted by Gasteiger charge is -2.22. The van der Waals surface area contributed by atoms with E-state index >= 15 is 0 Å². The first kappa shape index (κ1) is 29.0. The lowest BCUT2D eigenvalue weighted by atomic mass is 10.0. The zero-order chi connectivity index (χ0) is 29.1. The first-order chi connectivity index (χ1) is 18.1. The fourth-order valence-electron chi connectivity index (χ4n) is 3.57. The second-order valence-electron chi connectivity index (χ2n) is 9.34. The van der Waals surface area contributed by atoms with Crippen molar-refractivity contribution in [3.05, 3.63) is 81.4 Å². The van der Waals surface area contributed by atoms with Crippen molar-refractivity contribution < 1.29 is 47.0 Å². The van der Waals surface area contributed by atoms with Crippen LogP contribution in [0.4, 0.5) is 18.9 Å². The number of hydrogen-bond acceptors (Lipinski definition) is 8. The molecule has 0 radical (unpaired) electrons. The molecule has 3 aromatic rings. The largest absolute Gasteiger partial charge is 0.506 e. The summed E-state index contributed by atoms with van der Waals surface area (Å²) in [5.41, 5.74) is -2.77. The lowest BCUT2D eigenvalue weighted by Crippen LogP contribution is -2.25. The molecular weight excluding hydrogens is 523 g/mol. The second-order valence-corrected chi connectivity index (χ2v) is 9.34. The highest BCUT2D eigenvalue weighted by molar-refractivity contribution is 5.95. The number of aromatic hydroxyl groups is 1. The van der Waals surface area contributed by atoms with Gasteiger partial charge in [0.25, 0.3) is 5.69 Å². The number of rotatable bonds is 7. The number of ether oxygens (including phenoxy) is 3. The zero-order valence-corrected chi connectivity index (χ0v) is 21.3. The molecule has 0 saturated carbocycles. The van der Waals surface area contributed by atoms with E-state index in [2.05, 4.69) is 0 Å². The van der Waals surface area contributed by atoms with Crippen LogP contribution in [-0.2, 0) is 22.3 Å². The van der Waals surface area contributed by atoms with Crippen molar-refractivity contribution >= 4 is 17.6 Å². The van der Waals surface area contributed by atoms with Crippen molar-refractivity contribution in [2.75, 3.05) is 0 Å². The highest BCUT2D eigenvalue weighted by atomic mass is 19.4. The van der Waals surface area contributed by atoms with E-state index in [1.807, 2.05) is 0 Å². The van der Waals surface area contributed by atoms with Crippen LogP contribution in [0.15, 0.2) is 54.6 Å². The van der Waals surface area contributed by atoms with Gasteiger partial charge in [0.05, 0.1) is 22.1 Å². The Kier molecular flexibility index (Phi) is 8.18. The topological polar surface area (TPSA) is 125 Å². The highest BCUT2D eigenvalue weighted by Gasteiger charge is 2.37. The SMILES string of the molecule is CC(=O)Oc1ccc(-c2ccc(OCc3ccc(C(F)(F)F)c(O)c3C(=O)OC(C)(C)C)cc2)c([N+](=O)[O-])c1. The predicted molar refractivity (Wildman–Crippen MR) is 132 cm³/mol. The van der Waals surface area contributed by atoms with Crippen LogP contribution in [0.25, 0.3) is 11.1 Å². The molecule has 0 amide bonds. The van der Waals surface area contributed by atoms with Crippen molar-refractivity contribution in [3.8, 4) is 28.4 Å². The number of halogens is 3. The molecular formula is C27H24F3NO8.